The van der Waals surface area contributed by atoms with Crippen molar-refractivity contribution >= 4 is 17.1 Å². The molecule has 5 nitrogen and oxygen atoms in total. The highest BCUT2D eigenvalue weighted by atomic mass is 19.1. The summed E-state index contributed by atoms with van der Waals surface area (Å²) >= 11 is 0. The fourth-order valence-electron chi connectivity index (χ4n) is 5.49. The highest BCUT2D eigenvalue weighted by Gasteiger charge is 2.29. The maximum atomic E-state index is 13.8. The molecule has 198 valence electrons. The van der Waals surface area contributed by atoms with Gasteiger partial charge in [-0.05, 0) is 61.2 Å². The van der Waals surface area contributed by atoms with E-state index in [1.807, 2.05) is 42.6 Å². The van der Waals surface area contributed by atoms with E-state index in [-0.39, 0.29) is 11.9 Å². The van der Waals surface area contributed by atoms with Crippen LogP contribution >= 0.6 is 0 Å². The van der Waals surface area contributed by atoms with Crippen molar-refractivity contribution in [3.8, 4) is 0 Å². The Morgan fingerprint density at radius 2 is 1.82 bits per heavy atom. The van der Waals surface area contributed by atoms with Gasteiger partial charge in [-0.15, -0.1) is 0 Å². The molecule has 5 rings (SSSR count). The minimum Gasteiger partial charge on any atom is -0.379 e. The Labute approximate surface area is 225 Å². The first-order valence-corrected chi connectivity index (χ1v) is 13.8. The first-order valence-electron chi connectivity index (χ1n) is 13.8. The van der Waals surface area contributed by atoms with E-state index in [9.17, 15) is 4.39 Å². The number of nitrogens with one attached hydrogen (secondary N) is 1. The SMILES string of the molecule is CCCC1=C(c2ccnc(N[C@@H](C)c3ccccc3)n2)C(c2ccc(F)cc2)=CC1CCN1CCOCC1. The Morgan fingerprint density at radius 3 is 2.55 bits per heavy atom. The molecule has 0 spiro atoms. The summed E-state index contributed by atoms with van der Waals surface area (Å²) in [5, 5.41) is 3.48. The van der Waals surface area contributed by atoms with Crippen molar-refractivity contribution in [1.29, 1.82) is 0 Å². The third-order valence-corrected chi connectivity index (χ3v) is 7.50. The van der Waals surface area contributed by atoms with E-state index in [0.717, 1.165) is 68.9 Å². The van der Waals surface area contributed by atoms with Crippen LogP contribution in [0.2, 0.25) is 0 Å². The summed E-state index contributed by atoms with van der Waals surface area (Å²) in [4.78, 5) is 12.0. The monoisotopic (exact) mass is 512 g/mol. The van der Waals surface area contributed by atoms with Gasteiger partial charge in [-0.2, -0.15) is 0 Å². The molecular weight excluding hydrogens is 475 g/mol. The standard InChI is InChI=1S/C32H37FN4O/c1-3-7-28-26(15-17-37-18-20-38-21-19-37)22-29(25-10-12-27(33)13-11-25)31(28)30-14-16-34-32(36-30)35-23(2)24-8-5-4-6-9-24/h4-6,8-14,16,22-23,26H,3,7,15,17-21H2,1-2H3,(H,34,35,36)/t23-,26?/m0/s1. The first-order chi connectivity index (χ1) is 18.6. The molecule has 2 aromatic carbocycles. The zero-order valence-electron chi connectivity index (χ0n) is 22.4. The summed E-state index contributed by atoms with van der Waals surface area (Å²) < 4.78 is 19.4. The summed E-state index contributed by atoms with van der Waals surface area (Å²) in [6.07, 6.45) is 7.32. The lowest BCUT2D eigenvalue weighted by molar-refractivity contribution is 0.0366. The van der Waals surface area contributed by atoms with Crippen molar-refractivity contribution in [1.82, 2.24) is 14.9 Å². The molecule has 0 bridgehead atoms. The lowest BCUT2D eigenvalue weighted by Crippen LogP contribution is -2.37. The molecular formula is C32H37FN4O. The van der Waals surface area contributed by atoms with Gasteiger partial charge < -0.3 is 10.1 Å². The van der Waals surface area contributed by atoms with Gasteiger partial charge in [0.15, 0.2) is 0 Å². The van der Waals surface area contributed by atoms with E-state index >= 15 is 0 Å². The molecule has 1 aromatic heterocycles. The van der Waals surface area contributed by atoms with Crippen LogP contribution in [0.1, 0.15) is 56.0 Å². The van der Waals surface area contributed by atoms with Crippen molar-refractivity contribution in [3.05, 3.63) is 101 Å². The van der Waals surface area contributed by atoms with Gasteiger partial charge in [0.2, 0.25) is 5.95 Å². The maximum Gasteiger partial charge on any atom is 0.223 e. The third-order valence-electron chi connectivity index (χ3n) is 7.50. The lowest BCUT2D eigenvalue weighted by atomic mass is 9.91. The van der Waals surface area contributed by atoms with Crippen LogP contribution in [0.15, 0.2) is 78.5 Å². The molecule has 1 unspecified atom stereocenters. The van der Waals surface area contributed by atoms with Gasteiger partial charge in [-0.3, -0.25) is 4.90 Å². The second-order valence-electron chi connectivity index (χ2n) is 10.1. The van der Waals surface area contributed by atoms with Gasteiger partial charge in [0.1, 0.15) is 5.82 Å². The summed E-state index contributed by atoms with van der Waals surface area (Å²) in [6.45, 7) is 8.98. The van der Waals surface area contributed by atoms with Crippen LogP contribution < -0.4 is 5.32 Å². The molecule has 1 aliphatic carbocycles. The van der Waals surface area contributed by atoms with E-state index in [4.69, 9.17) is 9.72 Å². The van der Waals surface area contributed by atoms with Crippen molar-refractivity contribution in [3.63, 3.8) is 0 Å². The Kier molecular flexibility index (Phi) is 8.61. The number of hydrogen-bond donors (Lipinski definition) is 1. The molecule has 2 atom stereocenters. The lowest BCUT2D eigenvalue weighted by Gasteiger charge is -2.28. The van der Waals surface area contributed by atoms with Crippen molar-refractivity contribution in [2.45, 2.75) is 39.2 Å². The number of allylic oxidation sites excluding steroid dienone is 4. The predicted octanol–water partition coefficient (Wildman–Crippen LogP) is 6.78. The second-order valence-corrected chi connectivity index (χ2v) is 10.1. The van der Waals surface area contributed by atoms with E-state index in [1.165, 1.54) is 16.7 Å². The molecule has 2 aliphatic rings. The minimum atomic E-state index is -0.223. The average Bonchev–Trinajstić information content (AvgIpc) is 3.31. The summed E-state index contributed by atoms with van der Waals surface area (Å²) in [5.41, 5.74) is 6.85. The Hall–Kier alpha value is -3.35. The molecule has 1 saturated heterocycles. The summed E-state index contributed by atoms with van der Waals surface area (Å²) in [6, 6.07) is 19.3. The average molecular weight is 513 g/mol. The molecule has 1 N–H and O–H groups in total. The highest BCUT2D eigenvalue weighted by molar-refractivity contribution is 6.08. The fraction of sp³-hybridized carbons (Fsp3) is 0.375. The molecule has 3 aromatic rings. The van der Waals surface area contributed by atoms with Crippen LogP contribution in [-0.4, -0.2) is 47.7 Å². The molecule has 38 heavy (non-hydrogen) atoms. The third kappa shape index (κ3) is 6.20. The topological polar surface area (TPSA) is 50.3 Å². The highest BCUT2D eigenvalue weighted by Crippen LogP contribution is 2.45. The van der Waals surface area contributed by atoms with E-state index in [0.29, 0.717) is 11.9 Å². The first kappa shape index (κ1) is 26.3. The van der Waals surface area contributed by atoms with Gasteiger partial charge in [0, 0.05) is 30.8 Å². The zero-order chi connectivity index (χ0) is 26.3. The van der Waals surface area contributed by atoms with Crippen LogP contribution in [0.5, 0.6) is 0 Å². The summed E-state index contributed by atoms with van der Waals surface area (Å²) in [5.74, 6) is 0.707. The number of rotatable bonds is 10. The van der Waals surface area contributed by atoms with Gasteiger partial charge in [0.05, 0.1) is 24.9 Å². The predicted molar refractivity (Wildman–Crippen MR) is 152 cm³/mol. The molecule has 6 heteroatoms. The van der Waals surface area contributed by atoms with Crippen molar-refractivity contribution < 1.29 is 9.13 Å². The molecule has 2 heterocycles. The number of ether oxygens (including phenoxy) is 1. The van der Waals surface area contributed by atoms with Crippen LogP contribution in [0, 0.1) is 11.7 Å². The number of benzene rings is 2. The quantitative estimate of drug-likeness (QED) is 0.325. The molecule has 1 aliphatic heterocycles. The summed E-state index contributed by atoms with van der Waals surface area (Å²) in [7, 11) is 0. The number of nitrogens with zero attached hydrogens (tertiary/aromatic N) is 3. The second kappa shape index (κ2) is 12.5. The van der Waals surface area contributed by atoms with Crippen LogP contribution in [0.3, 0.4) is 0 Å². The Bertz CT molecular complexity index is 1270. The molecule has 0 amide bonds. The van der Waals surface area contributed by atoms with E-state index < -0.39 is 0 Å². The van der Waals surface area contributed by atoms with Crippen molar-refractivity contribution in [2.24, 2.45) is 5.92 Å². The number of halogens is 1. The van der Waals surface area contributed by atoms with Crippen molar-refractivity contribution in [2.75, 3.05) is 38.2 Å². The smallest absolute Gasteiger partial charge is 0.223 e. The Morgan fingerprint density at radius 1 is 1.05 bits per heavy atom. The van der Waals surface area contributed by atoms with Crippen LogP contribution in [0.25, 0.3) is 11.1 Å². The fourth-order valence-corrected chi connectivity index (χ4v) is 5.49. The largest absolute Gasteiger partial charge is 0.379 e. The van der Waals surface area contributed by atoms with Gasteiger partial charge in [-0.1, -0.05) is 67.5 Å². The minimum absolute atomic E-state index is 0.0764. The maximum absolute atomic E-state index is 13.8. The molecule has 1 fully saturated rings. The number of hydrogen-bond acceptors (Lipinski definition) is 5. The zero-order valence-corrected chi connectivity index (χ0v) is 22.4. The molecule has 0 saturated carbocycles. The van der Waals surface area contributed by atoms with Gasteiger partial charge in [-0.25, -0.2) is 14.4 Å². The van der Waals surface area contributed by atoms with E-state index in [2.05, 4.69) is 47.3 Å². The molecule has 0 radical (unpaired) electrons. The number of morpholine rings is 1. The van der Waals surface area contributed by atoms with E-state index in [1.54, 1.807) is 12.1 Å². The number of anilines is 1. The van der Waals surface area contributed by atoms with Gasteiger partial charge in [0.25, 0.3) is 0 Å². The number of aromatic nitrogens is 2. The van der Waals surface area contributed by atoms with Crippen LogP contribution in [-0.2, 0) is 4.74 Å². The normalized spacial score (nSPS) is 18.9. The Balaban J connectivity index is 1.48. The van der Waals surface area contributed by atoms with Crippen LogP contribution in [0.4, 0.5) is 10.3 Å². The van der Waals surface area contributed by atoms with Gasteiger partial charge >= 0.3 is 0 Å².